The summed E-state index contributed by atoms with van der Waals surface area (Å²) in [4.78, 5) is 28.8. The Bertz CT molecular complexity index is 824. The van der Waals surface area contributed by atoms with Gasteiger partial charge in [-0.1, -0.05) is 11.6 Å². The Morgan fingerprint density at radius 1 is 1.24 bits per heavy atom. The van der Waals surface area contributed by atoms with Gasteiger partial charge in [0.25, 0.3) is 0 Å². The van der Waals surface area contributed by atoms with E-state index in [1.54, 1.807) is 13.0 Å². The Balaban J connectivity index is 2.51. The number of hydrogen-bond acceptors (Lipinski definition) is 5. The number of aryl methyl sites for hydroxylation is 1. The normalized spacial score (nSPS) is 12.8. The zero-order valence-corrected chi connectivity index (χ0v) is 13.0. The molecule has 0 amide bonds. The van der Waals surface area contributed by atoms with E-state index in [0.29, 0.717) is 0 Å². The highest BCUT2D eigenvalue weighted by atomic mass is 19.4. The van der Waals surface area contributed by atoms with Gasteiger partial charge in [-0.05, 0) is 25.5 Å². The summed E-state index contributed by atoms with van der Waals surface area (Å²) in [6.07, 6.45) is -5.59. The molecule has 1 aromatic carbocycles. The number of carboxylic acid groups (broad SMARTS) is 2. The first-order valence-electron chi connectivity index (χ1n) is 7.14. The number of hydrogen-bond donors (Lipinski definition) is 3. The van der Waals surface area contributed by atoms with Crippen LogP contribution in [-0.2, 0) is 15.8 Å². The second-order valence-corrected chi connectivity index (χ2v) is 5.38. The Morgan fingerprint density at radius 2 is 1.92 bits per heavy atom. The molecule has 25 heavy (non-hydrogen) atoms. The predicted octanol–water partition coefficient (Wildman–Crippen LogP) is 2.69. The van der Waals surface area contributed by atoms with Crippen LogP contribution < -0.4 is 5.32 Å². The second-order valence-electron chi connectivity index (χ2n) is 5.38. The molecular formula is C15H14F3N3O4. The molecule has 134 valence electrons. The summed E-state index contributed by atoms with van der Waals surface area (Å²) in [5.74, 6) is -4.32. The number of nitrogens with zero attached hydrogens (tertiary/aromatic N) is 2. The maximum absolute atomic E-state index is 13.0. The molecule has 0 spiro atoms. The summed E-state index contributed by atoms with van der Waals surface area (Å²) < 4.78 is 38.9. The molecule has 10 heteroatoms. The average molecular weight is 357 g/mol. The molecule has 0 saturated heterocycles. The minimum Gasteiger partial charge on any atom is -0.481 e. The lowest BCUT2D eigenvalue weighted by Crippen LogP contribution is -2.31. The number of carboxylic acids is 2. The van der Waals surface area contributed by atoms with Gasteiger partial charge in [-0.15, -0.1) is 0 Å². The third-order valence-corrected chi connectivity index (χ3v) is 3.36. The largest absolute Gasteiger partial charge is 0.481 e. The van der Waals surface area contributed by atoms with Gasteiger partial charge in [-0.25, -0.2) is 14.8 Å². The molecular weight excluding hydrogens is 343 g/mol. The quantitative estimate of drug-likeness (QED) is 0.728. The Labute approximate surface area is 139 Å². The second kappa shape index (κ2) is 6.91. The van der Waals surface area contributed by atoms with Crippen LogP contribution in [0.5, 0.6) is 0 Å². The summed E-state index contributed by atoms with van der Waals surface area (Å²) in [7, 11) is 0. The molecule has 1 unspecified atom stereocenters. The van der Waals surface area contributed by atoms with Gasteiger partial charge >= 0.3 is 18.1 Å². The molecule has 2 aromatic rings. The van der Waals surface area contributed by atoms with Crippen LogP contribution in [0.25, 0.3) is 10.9 Å². The van der Waals surface area contributed by atoms with Crippen molar-refractivity contribution in [3.8, 4) is 0 Å². The van der Waals surface area contributed by atoms with Crippen molar-refractivity contribution in [1.29, 1.82) is 0 Å². The number of anilines is 1. The highest BCUT2D eigenvalue weighted by Crippen LogP contribution is 2.31. The maximum Gasteiger partial charge on any atom is 0.451 e. The molecule has 0 aliphatic heterocycles. The molecule has 1 aromatic heterocycles. The molecule has 3 N–H and O–H groups in total. The number of carbonyl (C=O) groups is 2. The highest BCUT2D eigenvalue weighted by molar-refractivity contribution is 5.91. The summed E-state index contributed by atoms with van der Waals surface area (Å²) in [6, 6.07) is 3.06. The van der Waals surface area contributed by atoms with Crippen molar-refractivity contribution >= 4 is 28.7 Å². The fraction of sp³-hybridized carbons (Fsp3) is 0.333. The van der Waals surface area contributed by atoms with Crippen LogP contribution in [0.15, 0.2) is 18.2 Å². The van der Waals surface area contributed by atoms with Crippen LogP contribution in [-0.4, -0.2) is 38.2 Å². The molecule has 0 bridgehead atoms. The van der Waals surface area contributed by atoms with Gasteiger partial charge in [0.2, 0.25) is 5.82 Å². The van der Waals surface area contributed by atoms with Gasteiger partial charge in [0.1, 0.15) is 11.9 Å². The van der Waals surface area contributed by atoms with E-state index in [1.807, 2.05) is 0 Å². The van der Waals surface area contributed by atoms with Gasteiger partial charge in [0.05, 0.1) is 5.52 Å². The highest BCUT2D eigenvalue weighted by Gasteiger charge is 2.36. The van der Waals surface area contributed by atoms with Crippen molar-refractivity contribution in [1.82, 2.24) is 9.97 Å². The Hall–Kier alpha value is -2.91. The number of benzene rings is 1. The first-order valence-corrected chi connectivity index (χ1v) is 7.14. The van der Waals surface area contributed by atoms with Crippen LogP contribution in [0.2, 0.25) is 0 Å². The first kappa shape index (κ1) is 18.4. The summed E-state index contributed by atoms with van der Waals surface area (Å²) in [5, 5.41) is 20.5. The number of aromatic nitrogens is 2. The molecule has 1 heterocycles. The van der Waals surface area contributed by atoms with Crippen LogP contribution in [0, 0.1) is 6.92 Å². The van der Waals surface area contributed by atoms with Crippen LogP contribution in [0.1, 0.15) is 24.2 Å². The standard InChI is InChI=1S/C15H14F3N3O4/c1-7-2-3-9-8(6-7)12(21-14(20-9)15(16,17)18)19-10(13(24)25)4-5-11(22)23/h2-3,6,10H,4-5H2,1H3,(H,22,23)(H,24,25)(H,19,20,21). The van der Waals surface area contributed by atoms with Crippen LogP contribution >= 0.6 is 0 Å². The topological polar surface area (TPSA) is 112 Å². The third-order valence-electron chi connectivity index (χ3n) is 3.36. The van der Waals surface area contributed by atoms with E-state index in [4.69, 9.17) is 5.11 Å². The molecule has 0 saturated carbocycles. The van der Waals surface area contributed by atoms with Crippen LogP contribution in [0.3, 0.4) is 0 Å². The SMILES string of the molecule is Cc1ccc2nc(C(F)(F)F)nc(NC(CCC(=O)O)C(=O)O)c2c1. The van der Waals surface area contributed by atoms with E-state index in [-0.39, 0.29) is 23.1 Å². The predicted molar refractivity (Wildman–Crippen MR) is 81.2 cm³/mol. The van der Waals surface area contributed by atoms with Crippen molar-refractivity contribution in [3.05, 3.63) is 29.6 Å². The average Bonchev–Trinajstić information content (AvgIpc) is 2.49. The molecule has 1 atom stereocenters. The summed E-state index contributed by atoms with van der Waals surface area (Å²) in [5.41, 5.74) is 0.717. The van der Waals surface area contributed by atoms with E-state index in [9.17, 15) is 27.9 Å². The minimum absolute atomic E-state index is 0.00204. The van der Waals surface area contributed by atoms with Crippen molar-refractivity contribution in [2.24, 2.45) is 0 Å². The summed E-state index contributed by atoms with van der Waals surface area (Å²) in [6.45, 7) is 1.71. The monoisotopic (exact) mass is 357 g/mol. The lowest BCUT2D eigenvalue weighted by molar-refractivity contribution is -0.144. The van der Waals surface area contributed by atoms with Crippen LogP contribution in [0.4, 0.5) is 19.0 Å². The van der Waals surface area contributed by atoms with Gasteiger partial charge in [0, 0.05) is 11.8 Å². The summed E-state index contributed by atoms with van der Waals surface area (Å²) >= 11 is 0. The smallest absolute Gasteiger partial charge is 0.451 e. The molecule has 0 aliphatic rings. The lowest BCUT2D eigenvalue weighted by Gasteiger charge is -2.17. The zero-order valence-electron chi connectivity index (χ0n) is 13.0. The third kappa shape index (κ3) is 4.55. The van der Waals surface area contributed by atoms with Crippen molar-refractivity contribution in [2.75, 3.05) is 5.32 Å². The van der Waals surface area contributed by atoms with Crippen molar-refractivity contribution in [3.63, 3.8) is 0 Å². The number of fused-ring (bicyclic) bond motifs is 1. The van der Waals surface area contributed by atoms with E-state index >= 15 is 0 Å². The lowest BCUT2D eigenvalue weighted by atomic mass is 10.1. The van der Waals surface area contributed by atoms with Crippen molar-refractivity contribution in [2.45, 2.75) is 32.0 Å². The fourth-order valence-corrected chi connectivity index (χ4v) is 2.17. The van der Waals surface area contributed by atoms with Gasteiger partial charge < -0.3 is 15.5 Å². The van der Waals surface area contributed by atoms with Crippen molar-refractivity contribution < 1.29 is 33.0 Å². The molecule has 0 aliphatic carbocycles. The van der Waals surface area contributed by atoms with E-state index in [1.165, 1.54) is 12.1 Å². The Kier molecular flexibility index (Phi) is 5.10. The van der Waals surface area contributed by atoms with E-state index in [0.717, 1.165) is 5.56 Å². The molecule has 7 nitrogen and oxygen atoms in total. The number of alkyl halides is 3. The minimum atomic E-state index is -4.81. The van der Waals surface area contributed by atoms with Gasteiger partial charge in [0.15, 0.2) is 0 Å². The maximum atomic E-state index is 13.0. The first-order chi connectivity index (χ1) is 11.6. The van der Waals surface area contributed by atoms with Gasteiger partial charge in [-0.2, -0.15) is 13.2 Å². The Morgan fingerprint density at radius 3 is 2.48 bits per heavy atom. The molecule has 0 fully saturated rings. The molecule has 2 rings (SSSR count). The zero-order chi connectivity index (χ0) is 18.8. The van der Waals surface area contributed by atoms with E-state index in [2.05, 4.69) is 15.3 Å². The number of halogens is 3. The molecule has 0 radical (unpaired) electrons. The van der Waals surface area contributed by atoms with Gasteiger partial charge in [-0.3, -0.25) is 4.79 Å². The van der Waals surface area contributed by atoms with E-state index < -0.39 is 36.4 Å². The number of rotatable bonds is 6. The number of nitrogens with one attached hydrogen (secondary N) is 1. The fourth-order valence-electron chi connectivity index (χ4n) is 2.17. The number of aliphatic carboxylic acids is 2.